The van der Waals surface area contributed by atoms with Crippen LogP contribution in [0.4, 0.5) is 5.69 Å². The highest BCUT2D eigenvalue weighted by Gasteiger charge is 2.30. The number of rotatable bonds is 6. The van der Waals surface area contributed by atoms with Crippen LogP contribution in [0.3, 0.4) is 0 Å². The molecule has 2 aromatic carbocycles. The Bertz CT molecular complexity index is 1320. The molecular formula is C22H20Cl2N4O3S2. The van der Waals surface area contributed by atoms with E-state index < -0.39 is 22.0 Å². The van der Waals surface area contributed by atoms with Crippen LogP contribution in [0.2, 0.25) is 10.0 Å². The van der Waals surface area contributed by atoms with Crippen LogP contribution in [0.15, 0.2) is 71.6 Å². The summed E-state index contributed by atoms with van der Waals surface area (Å²) in [5, 5.41) is 3.80. The van der Waals surface area contributed by atoms with E-state index in [1.807, 2.05) is 6.92 Å². The Morgan fingerprint density at radius 3 is 2.73 bits per heavy atom. The fourth-order valence-corrected chi connectivity index (χ4v) is 5.96. The lowest BCUT2D eigenvalue weighted by Gasteiger charge is -2.22. The van der Waals surface area contributed by atoms with Crippen LogP contribution in [0, 0.1) is 6.92 Å². The minimum absolute atomic E-state index is 0.0941. The number of amides is 1. The molecule has 0 fully saturated rings. The maximum Gasteiger partial charge on any atom is 0.264 e. The number of aryl methyl sites for hydroxylation is 1. The second-order valence-electron chi connectivity index (χ2n) is 7.45. The zero-order valence-electron chi connectivity index (χ0n) is 17.6. The number of fused-ring (bicyclic) bond motifs is 1. The highest BCUT2D eigenvalue weighted by molar-refractivity contribution is 7.97. The predicted molar refractivity (Wildman–Crippen MR) is 134 cm³/mol. The number of benzene rings is 2. The van der Waals surface area contributed by atoms with E-state index in [0.717, 1.165) is 5.56 Å². The summed E-state index contributed by atoms with van der Waals surface area (Å²) in [5.74, 6) is -0.442. The summed E-state index contributed by atoms with van der Waals surface area (Å²) in [6, 6.07) is 9.57. The monoisotopic (exact) mass is 522 g/mol. The van der Waals surface area contributed by atoms with E-state index in [4.69, 9.17) is 23.2 Å². The van der Waals surface area contributed by atoms with Crippen molar-refractivity contribution >= 4 is 57.0 Å². The summed E-state index contributed by atoms with van der Waals surface area (Å²) in [7, 11) is -3.97. The molecule has 0 aromatic heterocycles. The van der Waals surface area contributed by atoms with E-state index in [-0.39, 0.29) is 16.2 Å². The minimum atomic E-state index is -3.97. The van der Waals surface area contributed by atoms with Gasteiger partial charge in [-0.15, -0.1) is 0 Å². The van der Waals surface area contributed by atoms with Crippen molar-refractivity contribution in [3.63, 3.8) is 0 Å². The maximum atomic E-state index is 13.2. The molecule has 1 atom stereocenters. The zero-order chi connectivity index (χ0) is 23.8. The molecule has 2 aliphatic heterocycles. The number of anilines is 1. The summed E-state index contributed by atoms with van der Waals surface area (Å²) >= 11 is 13.5. The van der Waals surface area contributed by atoms with Gasteiger partial charge in [0, 0.05) is 22.4 Å². The average molecular weight is 523 g/mol. The summed E-state index contributed by atoms with van der Waals surface area (Å²) in [6.45, 7) is 3.61. The molecule has 0 bridgehead atoms. The lowest BCUT2D eigenvalue weighted by atomic mass is 10.1. The van der Waals surface area contributed by atoms with E-state index in [1.54, 1.807) is 66.1 Å². The van der Waals surface area contributed by atoms with Crippen molar-refractivity contribution in [1.29, 1.82) is 0 Å². The van der Waals surface area contributed by atoms with Crippen molar-refractivity contribution in [2.24, 2.45) is 0 Å². The van der Waals surface area contributed by atoms with Gasteiger partial charge < -0.3 is 10.0 Å². The first-order valence-corrected chi connectivity index (χ1v) is 12.9. The predicted octanol–water partition coefficient (Wildman–Crippen LogP) is 5.26. The van der Waals surface area contributed by atoms with Gasteiger partial charge in [0.05, 0.1) is 35.1 Å². The van der Waals surface area contributed by atoms with Crippen LogP contribution >= 0.6 is 35.3 Å². The molecule has 0 saturated carbocycles. The van der Waals surface area contributed by atoms with Crippen LogP contribution < -0.4 is 14.8 Å². The van der Waals surface area contributed by atoms with E-state index in [2.05, 4.69) is 14.8 Å². The van der Waals surface area contributed by atoms with Crippen molar-refractivity contribution in [1.82, 2.24) is 14.3 Å². The van der Waals surface area contributed by atoms with E-state index in [0.29, 0.717) is 21.3 Å². The maximum absolute atomic E-state index is 13.2. The van der Waals surface area contributed by atoms with Gasteiger partial charge in [0.25, 0.3) is 15.9 Å². The molecule has 33 heavy (non-hydrogen) atoms. The Morgan fingerprint density at radius 1 is 1.18 bits per heavy atom. The van der Waals surface area contributed by atoms with E-state index >= 15 is 0 Å². The standard InChI is InChI=1S/C22H20Cl2N4O3S2/c1-13-5-7-17(22(29)26-14(2)16-8-6-15(23)11-18(16)24)19(10-13)27-33(30,31)21-4-3-9-28-20(21)12-25-32-28/h3-12,14,25,27H,1-2H3,(H,26,29)/t14-/m1/s1. The Hall–Kier alpha value is -2.59. The highest BCUT2D eigenvalue weighted by Crippen LogP contribution is 2.34. The van der Waals surface area contributed by atoms with Gasteiger partial charge in [-0.05, 0) is 61.4 Å². The molecule has 172 valence electrons. The molecule has 0 spiro atoms. The summed E-state index contributed by atoms with van der Waals surface area (Å²) in [4.78, 5) is 13.2. The van der Waals surface area contributed by atoms with Gasteiger partial charge >= 0.3 is 0 Å². The van der Waals surface area contributed by atoms with Gasteiger partial charge in [-0.25, -0.2) is 8.42 Å². The molecule has 4 rings (SSSR count). The quantitative estimate of drug-likeness (QED) is 0.448. The van der Waals surface area contributed by atoms with Gasteiger partial charge in [0.1, 0.15) is 4.91 Å². The average Bonchev–Trinajstić information content (AvgIpc) is 3.22. The number of nitrogens with zero attached hydrogens (tertiary/aromatic N) is 1. The van der Waals surface area contributed by atoms with Gasteiger partial charge in [-0.1, -0.05) is 35.3 Å². The Morgan fingerprint density at radius 2 is 1.97 bits per heavy atom. The lowest BCUT2D eigenvalue weighted by Crippen LogP contribution is -2.29. The van der Waals surface area contributed by atoms with Crippen molar-refractivity contribution in [3.05, 3.63) is 98.3 Å². The molecular weight excluding hydrogens is 503 g/mol. The van der Waals surface area contributed by atoms with Crippen LogP contribution in [0.5, 0.6) is 0 Å². The lowest BCUT2D eigenvalue weighted by molar-refractivity contribution is 0.0941. The number of carbonyl (C=O) groups excluding carboxylic acids is 1. The molecule has 3 N–H and O–H groups in total. The molecule has 2 heterocycles. The van der Waals surface area contributed by atoms with Crippen LogP contribution in [-0.4, -0.2) is 18.6 Å². The molecule has 2 aliphatic rings. The smallest absolute Gasteiger partial charge is 0.264 e. The molecule has 1 amide bonds. The number of hydrogen-bond acceptors (Lipinski definition) is 6. The SMILES string of the molecule is Cc1ccc(C(=O)N[C@H](C)c2ccc(Cl)cc2Cl)c(NS(=O)(=O)C2=CC=CN3SNC=C23)c1. The van der Waals surface area contributed by atoms with Gasteiger partial charge in [-0.3, -0.25) is 13.8 Å². The summed E-state index contributed by atoms with van der Waals surface area (Å²) in [5.41, 5.74) is 2.37. The number of nitrogens with one attached hydrogen (secondary N) is 3. The van der Waals surface area contributed by atoms with Crippen LogP contribution in [-0.2, 0) is 10.0 Å². The fourth-order valence-electron chi connectivity index (χ4n) is 3.41. The summed E-state index contributed by atoms with van der Waals surface area (Å²) < 4.78 is 33.7. The number of sulfonamides is 1. The topological polar surface area (TPSA) is 90.5 Å². The van der Waals surface area contributed by atoms with Crippen LogP contribution in [0.25, 0.3) is 0 Å². The third-order valence-electron chi connectivity index (χ3n) is 5.04. The summed E-state index contributed by atoms with van der Waals surface area (Å²) in [6.07, 6.45) is 6.52. The number of hydrogen-bond donors (Lipinski definition) is 3. The first-order valence-electron chi connectivity index (χ1n) is 9.86. The fraction of sp³-hybridized carbons (Fsp3) is 0.136. The normalized spacial score (nSPS) is 15.8. The molecule has 2 aromatic rings. The second-order valence-corrected chi connectivity index (χ2v) is 10.8. The largest absolute Gasteiger partial charge is 0.345 e. The molecule has 7 nitrogen and oxygen atoms in total. The zero-order valence-corrected chi connectivity index (χ0v) is 20.7. The first kappa shape index (κ1) is 23.6. The van der Waals surface area contributed by atoms with E-state index in [1.165, 1.54) is 18.2 Å². The van der Waals surface area contributed by atoms with Crippen molar-refractivity contribution in [2.45, 2.75) is 19.9 Å². The van der Waals surface area contributed by atoms with Gasteiger partial charge in [0.15, 0.2) is 0 Å². The minimum Gasteiger partial charge on any atom is -0.345 e. The molecule has 11 heteroatoms. The number of carbonyl (C=O) groups is 1. The van der Waals surface area contributed by atoms with Gasteiger partial charge in [0.2, 0.25) is 0 Å². The Labute approximate surface area is 206 Å². The molecule has 0 aliphatic carbocycles. The third kappa shape index (κ3) is 5.01. The second kappa shape index (κ2) is 9.34. The van der Waals surface area contributed by atoms with Crippen LogP contribution in [0.1, 0.15) is 34.5 Å². The van der Waals surface area contributed by atoms with Crippen molar-refractivity contribution < 1.29 is 13.2 Å². The first-order chi connectivity index (χ1) is 15.7. The van der Waals surface area contributed by atoms with Gasteiger partial charge in [-0.2, -0.15) is 0 Å². The Kier molecular flexibility index (Phi) is 6.67. The molecule has 0 saturated heterocycles. The van der Waals surface area contributed by atoms with Crippen molar-refractivity contribution in [3.8, 4) is 0 Å². The molecule has 0 radical (unpaired) electrons. The Balaban J connectivity index is 1.60. The van der Waals surface area contributed by atoms with E-state index in [9.17, 15) is 13.2 Å². The molecule has 0 unspecified atom stereocenters. The number of halogens is 2. The van der Waals surface area contributed by atoms with Crippen molar-refractivity contribution in [2.75, 3.05) is 4.72 Å². The third-order valence-corrected chi connectivity index (χ3v) is 7.75. The highest BCUT2D eigenvalue weighted by atomic mass is 35.5. The number of allylic oxidation sites excluding steroid dienone is 2.